The zero-order valence-electron chi connectivity index (χ0n) is 38.0. The molecule has 0 aromatic heterocycles. The Hall–Kier alpha value is -0.120. The summed E-state index contributed by atoms with van der Waals surface area (Å²) in [6, 6.07) is 0. The topological polar surface area (TPSA) is 18.5 Å². The smallest absolute Gasteiger partial charge is 0.130 e. The van der Waals surface area contributed by atoms with Crippen molar-refractivity contribution in [2.75, 3.05) is 47.5 Å². The number of nitrogens with zero attached hydrogens (tertiary/aromatic N) is 1. The van der Waals surface area contributed by atoms with Crippen LogP contribution in [0.25, 0.3) is 0 Å². The molecule has 3 heteroatoms. The summed E-state index contributed by atoms with van der Waals surface area (Å²) in [5.41, 5.74) is 0. The van der Waals surface area contributed by atoms with Crippen molar-refractivity contribution in [3.8, 4) is 0 Å². The normalized spacial score (nSPS) is 12.6. The first kappa shape index (κ1) is 52.9. The van der Waals surface area contributed by atoms with E-state index in [1.165, 1.54) is 257 Å². The van der Waals surface area contributed by atoms with E-state index in [0.29, 0.717) is 0 Å². The Morgan fingerprint density at radius 1 is 0.302 bits per heavy atom. The molecule has 53 heavy (non-hydrogen) atoms. The molecular formula is C50H104NO2+. The summed E-state index contributed by atoms with van der Waals surface area (Å²) < 4.78 is 13.4. The summed E-state index contributed by atoms with van der Waals surface area (Å²) in [5.74, 6) is 0. The van der Waals surface area contributed by atoms with Gasteiger partial charge in [0.25, 0.3) is 0 Å². The van der Waals surface area contributed by atoms with E-state index in [1.807, 2.05) is 0 Å². The highest BCUT2D eigenvalue weighted by molar-refractivity contribution is 4.58. The Kier molecular flexibility index (Phi) is 44.5. The van der Waals surface area contributed by atoms with Crippen molar-refractivity contribution < 1.29 is 14.0 Å². The van der Waals surface area contributed by atoms with E-state index in [4.69, 9.17) is 9.47 Å². The molecule has 0 saturated carbocycles. The summed E-state index contributed by atoms with van der Waals surface area (Å²) in [5, 5.41) is 0. The fraction of sp³-hybridized carbons (Fsp3) is 1.00. The average molecular weight is 751 g/mol. The van der Waals surface area contributed by atoms with Crippen LogP contribution in [0.15, 0.2) is 0 Å². The van der Waals surface area contributed by atoms with Gasteiger partial charge in [0.05, 0.1) is 27.7 Å². The van der Waals surface area contributed by atoms with Crippen molar-refractivity contribution in [3.63, 3.8) is 0 Å². The second-order valence-electron chi connectivity index (χ2n) is 18.5. The van der Waals surface area contributed by atoms with Crippen LogP contribution >= 0.6 is 0 Å². The Balaban J connectivity index is 3.49. The quantitative estimate of drug-likeness (QED) is 0.0455. The fourth-order valence-electron chi connectivity index (χ4n) is 8.05. The highest BCUT2D eigenvalue weighted by atomic mass is 16.5. The maximum atomic E-state index is 6.36. The Labute approximate surface area is 337 Å². The predicted molar refractivity (Wildman–Crippen MR) is 239 cm³/mol. The molecule has 3 nitrogen and oxygen atoms in total. The molecular weight excluding hydrogens is 647 g/mol. The van der Waals surface area contributed by atoms with Gasteiger partial charge in [-0.05, 0) is 12.8 Å². The number of likely N-dealkylation sites (N-methyl/N-ethyl adjacent to an activating group) is 1. The van der Waals surface area contributed by atoms with Gasteiger partial charge in [0.1, 0.15) is 12.6 Å². The number of hydrogen-bond acceptors (Lipinski definition) is 2. The lowest BCUT2D eigenvalue weighted by atomic mass is 10.0. The molecule has 1 atom stereocenters. The average Bonchev–Trinajstić information content (AvgIpc) is 3.13. The minimum atomic E-state index is 0.223. The Morgan fingerprint density at radius 2 is 0.528 bits per heavy atom. The summed E-state index contributed by atoms with van der Waals surface area (Å²) >= 11 is 0. The lowest BCUT2D eigenvalue weighted by molar-refractivity contribution is -0.873. The largest absolute Gasteiger partial charge is 0.379 e. The Morgan fingerprint density at radius 3 is 0.774 bits per heavy atom. The second-order valence-corrected chi connectivity index (χ2v) is 18.5. The van der Waals surface area contributed by atoms with Crippen LogP contribution in [0.4, 0.5) is 0 Å². The van der Waals surface area contributed by atoms with Crippen LogP contribution in [0.1, 0.15) is 271 Å². The molecule has 0 N–H and O–H groups in total. The molecule has 0 aromatic carbocycles. The van der Waals surface area contributed by atoms with E-state index in [2.05, 4.69) is 35.0 Å². The van der Waals surface area contributed by atoms with Gasteiger partial charge in [0.2, 0.25) is 0 Å². The summed E-state index contributed by atoms with van der Waals surface area (Å²) in [4.78, 5) is 0. The van der Waals surface area contributed by atoms with E-state index in [1.54, 1.807) is 0 Å². The van der Waals surface area contributed by atoms with Gasteiger partial charge in [0.15, 0.2) is 0 Å². The number of unbranched alkanes of at least 4 members (excludes halogenated alkanes) is 38. The van der Waals surface area contributed by atoms with Crippen LogP contribution in [0.2, 0.25) is 0 Å². The van der Waals surface area contributed by atoms with Gasteiger partial charge in [-0.25, -0.2) is 0 Å². The van der Waals surface area contributed by atoms with Crippen LogP contribution in [0.5, 0.6) is 0 Å². The highest BCUT2D eigenvalue weighted by Gasteiger charge is 2.19. The number of hydrogen-bond donors (Lipinski definition) is 0. The molecule has 320 valence electrons. The van der Waals surface area contributed by atoms with Crippen LogP contribution < -0.4 is 0 Å². The Bertz CT molecular complexity index is 646. The van der Waals surface area contributed by atoms with Crippen molar-refractivity contribution in [1.29, 1.82) is 0 Å². The molecule has 0 aliphatic heterocycles. The first-order chi connectivity index (χ1) is 26.0. The number of quaternary nitrogens is 1. The van der Waals surface area contributed by atoms with E-state index < -0.39 is 0 Å². The molecule has 0 heterocycles. The molecule has 0 bridgehead atoms. The van der Waals surface area contributed by atoms with Crippen molar-refractivity contribution >= 4 is 0 Å². The molecule has 0 saturated heterocycles. The lowest BCUT2D eigenvalue weighted by Gasteiger charge is -2.29. The van der Waals surface area contributed by atoms with Gasteiger partial charge in [-0.1, -0.05) is 258 Å². The molecule has 0 unspecified atom stereocenters. The van der Waals surface area contributed by atoms with E-state index >= 15 is 0 Å². The minimum Gasteiger partial charge on any atom is -0.379 e. The number of rotatable bonds is 47. The summed E-state index contributed by atoms with van der Waals surface area (Å²) in [6.45, 7) is 8.19. The van der Waals surface area contributed by atoms with Gasteiger partial charge in [0, 0.05) is 13.2 Å². The lowest BCUT2D eigenvalue weighted by Crippen LogP contribution is -2.44. The van der Waals surface area contributed by atoms with Crippen LogP contribution in [-0.2, 0) is 9.47 Å². The molecule has 0 spiro atoms. The molecule has 0 amide bonds. The third-order valence-electron chi connectivity index (χ3n) is 11.5. The summed E-state index contributed by atoms with van der Waals surface area (Å²) in [7, 11) is 6.81. The van der Waals surface area contributed by atoms with Crippen LogP contribution in [-0.4, -0.2) is 58.1 Å². The monoisotopic (exact) mass is 751 g/mol. The summed E-state index contributed by atoms with van der Waals surface area (Å²) in [6.07, 6.45) is 57.4. The van der Waals surface area contributed by atoms with Crippen LogP contribution in [0, 0.1) is 0 Å². The molecule has 0 rings (SSSR count). The van der Waals surface area contributed by atoms with Gasteiger partial charge in [-0.15, -0.1) is 0 Å². The van der Waals surface area contributed by atoms with Crippen molar-refractivity contribution in [1.82, 2.24) is 0 Å². The maximum Gasteiger partial charge on any atom is 0.130 e. The first-order valence-electron chi connectivity index (χ1n) is 25.0. The molecule has 0 aliphatic rings. The SMILES string of the molecule is CCCCCCCCCCCCCCCCCCCCCCOC[C@H](C[N+](C)(C)C)OCCCCCCCCCCCCCCCCCCCCCC. The molecule has 0 aromatic rings. The van der Waals surface area contributed by atoms with Crippen molar-refractivity contribution in [2.45, 2.75) is 277 Å². The minimum absolute atomic E-state index is 0.223. The predicted octanol–water partition coefficient (Wildman–Crippen LogP) is 16.7. The van der Waals surface area contributed by atoms with Crippen molar-refractivity contribution in [2.24, 2.45) is 0 Å². The molecule has 0 fully saturated rings. The molecule has 0 aliphatic carbocycles. The van der Waals surface area contributed by atoms with Gasteiger partial charge in [-0.2, -0.15) is 0 Å². The second kappa shape index (κ2) is 44.6. The zero-order valence-corrected chi connectivity index (χ0v) is 38.0. The maximum absolute atomic E-state index is 6.36. The third kappa shape index (κ3) is 48.0. The highest BCUT2D eigenvalue weighted by Crippen LogP contribution is 2.17. The third-order valence-corrected chi connectivity index (χ3v) is 11.5. The van der Waals surface area contributed by atoms with Crippen LogP contribution in [0.3, 0.4) is 0 Å². The standard InChI is InChI=1S/C50H104NO2/c1-6-8-10-12-14-16-18-20-22-24-26-28-30-32-34-36-38-40-42-44-46-52-49-50(48-51(3,4)5)53-47-45-43-41-39-37-35-33-31-29-27-25-23-21-19-17-15-13-11-9-7-2/h50H,6-49H2,1-5H3/q+1/t50-/m0/s1. The van der Waals surface area contributed by atoms with Crippen molar-refractivity contribution in [3.05, 3.63) is 0 Å². The number of ether oxygens (including phenoxy) is 2. The zero-order chi connectivity index (χ0) is 38.6. The van der Waals surface area contributed by atoms with Gasteiger partial charge in [-0.3, -0.25) is 0 Å². The molecule has 0 radical (unpaired) electrons. The van der Waals surface area contributed by atoms with E-state index in [0.717, 1.165) is 30.8 Å². The fourth-order valence-corrected chi connectivity index (χ4v) is 8.05. The van der Waals surface area contributed by atoms with E-state index in [-0.39, 0.29) is 6.10 Å². The van der Waals surface area contributed by atoms with E-state index in [9.17, 15) is 0 Å². The van der Waals surface area contributed by atoms with Gasteiger partial charge < -0.3 is 14.0 Å². The first-order valence-corrected chi connectivity index (χ1v) is 25.0. The van der Waals surface area contributed by atoms with Gasteiger partial charge >= 0.3 is 0 Å².